The molecule has 1 aliphatic rings. The standard InChI is InChI=1S/C28H27FN4O/c29-23-12-10-22(11-13-23)19-30-28(34)26-24-8-4-5-9-25(24)27(32-31-26)33-16-14-21(15-17-33)18-20-6-2-1-3-7-20/h1-13,21H,14-19H2,(H,30,34). The van der Waals surface area contributed by atoms with Crippen molar-refractivity contribution in [2.75, 3.05) is 18.0 Å². The predicted molar refractivity (Wildman–Crippen MR) is 132 cm³/mol. The number of anilines is 1. The van der Waals surface area contributed by atoms with Crippen molar-refractivity contribution >= 4 is 22.5 Å². The Morgan fingerprint density at radius 2 is 1.53 bits per heavy atom. The second kappa shape index (κ2) is 10.00. The van der Waals surface area contributed by atoms with Crippen LogP contribution in [0.2, 0.25) is 0 Å². The molecule has 2 heterocycles. The highest BCUT2D eigenvalue weighted by atomic mass is 19.1. The minimum absolute atomic E-state index is 0.291. The van der Waals surface area contributed by atoms with Crippen molar-refractivity contribution in [1.29, 1.82) is 0 Å². The molecule has 0 aliphatic carbocycles. The summed E-state index contributed by atoms with van der Waals surface area (Å²) in [6.45, 7) is 2.14. The van der Waals surface area contributed by atoms with Gasteiger partial charge in [0.2, 0.25) is 0 Å². The Bertz CT molecular complexity index is 1270. The van der Waals surface area contributed by atoms with Crippen molar-refractivity contribution in [3.8, 4) is 0 Å². The summed E-state index contributed by atoms with van der Waals surface area (Å²) in [5.74, 6) is 0.908. The summed E-state index contributed by atoms with van der Waals surface area (Å²) in [5.41, 5.74) is 2.52. The van der Waals surface area contributed by atoms with E-state index >= 15 is 0 Å². The van der Waals surface area contributed by atoms with Gasteiger partial charge in [-0.15, -0.1) is 10.2 Å². The summed E-state index contributed by atoms with van der Waals surface area (Å²) in [6, 6.07) is 24.5. The highest BCUT2D eigenvalue weighted by Gasteiger charge is 2.24. The number of fused-ring (bicyclic) bond motifs is 1. The van der Waals surface area contributed by atoms with Crippen LogP contribution in [-0.2, 0) is 13.0 Å². The van der Waals surface area contributed by atoms with Crippen LogP contribution >= 0.6 is 0 Å². The maximum absolute atomic E-state index is 13.1. The summed E-state index contributed by atoms with van der Waals surface area (Å²) >= 11 is 0. The van der Waals surface area contributed by atoms with Crippen LogP contribution in [-0.4, -0.2) is 29.2 Å². The molecule has 1 fully saturated rings. The zero-order valence-corrected chi connectivity index (χ0v) is 19.0. The van der Waals surface area contributed by atoms with Crippen LogP contribution in [0, 0.1) is 11.7 Å². The summed E-state index contributed by atoms with van der Waals surface area (Å²) < 4.78 is 13.1. The molecule has 1 aliphatic heterocycles. The second-order valence-corrected chi connectivity index (χ2v) is 8.85. The lowest BCUT2D eigenvalue weighted by Crippen LogP contribution is -2.35. The van der Waals surface area contributed by atoms with Crippen LogP contribution in [0.4, 0.5) is 10.2 Å². The molecule has 1 saturated heterocycles. The Labute approximate surface area is 198 Å². The van der Waals surface area contributed by atoms with Gasteiger partial charge in [0.15, 0.2) is 11.5 Å². The Kier molecular flexibility index (Phi) is 6.47. The van der Waals surface area contributed by atoms with Gasteiger partial charge in [-0.1, -0.05) is 66.7 Å². The molecule has 1 N–H and O–H groups in total. The molecule has 5 nitrogen and oxygen atoms in total. The Morgan fingerprint density at radius 1 is 0.853 bits per heavy atom. The summed E-state index contributed by atoms with van der Waals surface area (Å²) in [5, 5.41) is 13.4. The number of benzene rings is 3. The second-order valence-electron chi connectivity index (χ2n) is 8.85. The fourth-order valence-electron chi connectivity index (χ4n) is 4.66. The van der Waals surface area contributed by atoms with E-state index in [2.05, 4.69) is 50.7 Å². The highest BCUT2D eigenvalue weighted by molar-refractivity contribution is 6.07. The number of piperidine rings is 1. The van der Waals surface area contributed by atoms with Crippen molar-refractivity contribution in [2.24, 2.45) is 5.92 Å². The van der Waals surface area contributed by atoms with Gasteiger partial charge < -0.3 is 10.2 Å². The molecular formula is C28H27FN4O. The lowest BCUT2D eigenvalue weighted by Gasteiger charge is -2.33. The van der Waals surface area contributed by atoms with Crippen molar-refractivity contribution in [3.63, 3.8) is 0 Å². The maximum atomic E-state index is 13.1. The average Bonchev–Trinajstić information content (AvgIpc) is 2.89. The number of hydrogen-bond donors (Lipinski definition) is 1. The molecule has 0 bridgehead atoms. The third-order valence-electron chi connectivity index (χ3n) is 6.53. The molecule has 172 valence electrons. The number of carbonyl (C=O) groups is 1. The number of amides is 1. The van der Waals surface area contributed by atoms with Gasteiger partial charge in [-0.3, -0.25) is 4.79 Å². The van der Waals surface area contributed by atoms with Crippen LogP contribution in [0.3, 0.4) is 0 Å². The molecule has 0 atom stereocenters. The number of halogens is 1. The maximum Gasteiger partial charge on any atom is 0.272 e. The van der Waals surface area contributed by atoms with Crippen LogP contribution in [0.1, 0.15) is 34.5 Å². The fraction of sp³-hybridized carbons (Fsp3) is 0.250. The van der Waals surface area contributed by atoms with E-state index in [0.29, 0.717) is 18.2 Å². The molecule has 0 unspecified atom stereocenters. The van der Waals surface area contributed by atoms with Gasteiger partial charge in [-0.2, -0.15) is 0 Å². The van der Waals surface area contributed by atoms with Gasteiger partial charge in [0.05, 0.1) is 0 Å². The Balaban J connectivity index is 1.29. The zero-order chi connectivity index (χ0) is 23.3. The largest absolute Gasteiger partial charge is 0.355 e. The molecule has 4 aromatic rings. The molecule has 1 amide bonds. The van der Waals surface area contributed by atoms with Gasteiger partial charge in [0, 0.05) is 30.4 Å². The van der Waals surface area contributed by atoms with Gasteiger partial charge in [-0.05, 0) is 48.4 Å². The van der Waals surface area contributed by atoms with E-state index in [0.717, 1.165) is 54.5 Å². The van der Waals surface area contributed by atoms with Crippen LogP contribution < -0.4 is 10.2 Å². The topological polar surface area (TPSA) is 58.1 Å². The normalized spacial score (nSPS) is 14.3. The van der Waals surface area contributed by atoms with Crippen molar-refractivity contribution in [2.45, 2.75) is 25.8 Å². The fourth-order valence-corrected chi connectivity index (χ4v) is 4.66. The first kappa shape index (κ1) is 22.0. The molecule has 5 rings (SSSR count). The van der Waals surface area contributed by atoms with Gasteiger partial charge in [-0.25, -0.2) is 4.39 Å². The van der Waals surface area contributed by atoms with Gasteiger partial charge >= 0.3 is 0 Å². The zero-order valence-electron chi connectivity index (χ0n) is 19.0. The number of carbonyl (C=O) groups excluding carboxylic acids is 1. The molecular weight excluding hydrogens is 427 g/mol. The summed E-state index contributed by atoms with van der Waals surface area (Å²) in [4.78, 5) is 15.2. The summed E-state index contributed by atoms with van der Waals surface area (Å²) in [7, 11) is 0. The molecule has 3 aromatic carbocycles. The predicted octanol–water partition coefficient (Wildman–Crippen LogP) is 5.16. The number of rotatable bonds is 6. The molecule has 0 saturated carbocycles. The Morgan fingerprint density at radius 3 is 2.26 bits per heavy atom. The minimum Gasteiger partial charge on any atom is -0.355 e. The van der Waals surface area contributed by atoms with Gasteiger partial charge in [0.25, 0.3) is 5.91 Å². The number of hydrogen-bond acceptors (Lipinski definition) is 4. The third kappa shape index (κ3) is 4.91. The quantitative estimate of drug-likeness (QED) is 0.437. The number of aromatic nitrogens is 2. The number of nitrogens with zero attached hydrogens (tertiary/aromatic N) is 3. The SMILES string of the molecule is O=C(NCc1ccc(F)cc1)c1nnc(N2CCC(Cc3ccccc3)CC2)c2ccccc12. The minimum atomic E-state index is -0.299. The first-order valence-electron chi connectivity index (χ1n) is 11.7. The average molecular weight is 455 g/mol. The van der Waals surface area contributed by atoms with E-state index in [9.17, 15) is 9.18 Å². The Hall–Kier alpha value is -3.80. The van der Waals surface area contributed by atoms with Crippen LogP contribution in [0.15, 0.2) is 78.9 Å². The van der Waals surface area contributed by atoms with Gasteiger partial charge in [0.1, 0.15) is 5.82 Å². The van der Waals surface area contributed by atoms with E-state index in [4.69, 9.17) is 0 Å². The highest BCUT2D eigenvalue weighted by Crippen LogP contribution is 2.30. The smallest absolute Gasteiger partial charge is 0.272 e. The lowest BCUT2D eigenvalue weighted by molar-refractivity contribution is 0.0947. The third-order valence-corrected chi connectivity index (χ3v) is 6.53. The molecule has 1 aromatic heterocycles. The van der Waals surface area contributed by atoms with E-state index < -0.39 is 0 Å². The van der Waals surface area contributed by atoms with Crippen molar-refractivity contribution < 1.29 is 9.18 Å². The first-order chi connectivity index (χ1) is 16.7. The summed E-state index contributed by atoms with van der Waals surface area (Å²) in [6.07, 6.45) is 3.31. The molecule has 34 heavy (non-hydrogen) atoms. The number of nitrogens with one attached hydrogen (secondary N) is 1. The monoisotopic (exact) mass is 454 g/mol. The van der Waals surface area contributed by atoms with E-state index in [1.54, 1.807) is 12.1 Å². The lowest BCUT2D eigenvalue weighted by atomic mass is 9.90. The first-order valence-corrected chi connectivity index (χ1v) is 11.7. The molecule has 0 spiro atoms. The van der Waals surface area contributed by atoms with E-state index in [1.807, 2.05) is 24.3 Å². The molecule has 0 radical (unpaired) electrons. The van der Waals surface area contributed by atoms with Crippen LogP contribution in [0.25, 0.3) is 10.8 Å². The van der Waals surface area contributed by atoms with E-state index in [-0.39, 0.29) is 11.7 Å². The van der Waals surface area contributed by atoms with Crippen molar-refractivity contribution in [3.05, 3.63) is 102 Å². The van der Waals surface area contributed by atoms with Crippen molar-refractivity contribution in [1.82, 2.24) is 15.5 Å². The molecule has 6 heteroatoms. The van der Waals surface area contributed by atoms with E-state index in [1.165, 1.54) is 17.7 Å². The van der Waals surface area contributed by atoms with Crippen LogP contribution in [0.5, 0.6) is 0 Å².